The first-order valence-electron chi connectivity index (χ1n) is 5.56. The maximum absolute atomic E-state index is 11.2. The lowest BCUT2D eigenvalue weighted by Gasteiger charge is -2.35. The number of piperidine rings is 1. The lowest BCUT2D eigenvalue weighted by atomic mass is 9.82. The number of carbonyl (C=O) groups is 1. The van der Waals surface area contributed by atoms with Crippen LogP contribution in [0.1, 0.15) is 37.2 Å². The Morgan fingerprint density at radius 3 is 2.94 bits per heavy atom. The van der Waals surface area contributed by atoms with Crippen molar-refractivity contribution in [3.63, 3.8) is 0 Å². The number of rotatable bonds is 2. The molecule has 0 bridgehead atoms. The van der Waals surface area contributed by atoms with Crippen LogP contribution in [-0.2, 0) is 4.79 Å². The van der Waals surface area contributed by atoms with Crippen molar-refractivity contribution in [3.05, 3.63) is 23.7 Å². The van der Waals surface area contributed by atoms with E-state index in [2.05, 4.69) is 5.32 Å². The lowest BCUT2D eigenvalue weighted by Crippen LogP contribution is -2.53. The van der Waals surface area contributed by atoms with Gasteiger partial charge >= 0.3 is 5.97 Å². The molecule has 0 aliphatic carbocycles. The number of furan rings is 1. The molecule has 1 fully saturated rings. The van der Waals surface area contributed by atoms with Gasteiger partial charge in [-0.3, -0.25) is 4.79 Å². The minimum atomic E-state index is -0.830. The highest BCUT2D eigenvalue weighted by atomic mass is 16.4. The molecular formula is C12H17NO3. The number of carboxylic acid groups (broad SMARTS) is 1. The quantitative estimate of drug-likeness (QED) is 0.803. The van der Waals surface area contributed by atoms with Crippen LogP contribution in [0.3, 0.4) is 0 Å². The second kappa shape index (κ2) is 3.94. The van der Waals surface area contributed by atoms with Gasteiger partial charge in [-0.25, -0.2) is 0 Å². The molecule has 2 rings (SSSR count). The number of aryl methyl sites for hydroxylation is 1. The van der Waals surface area contributed by atoms with Gasteiger partial charge in [0.25, 0.3) is 0 Å². The average Bonchev–Trinajstić information content (AvgIpc) is 2.65. The Morgan fingerprint density at radius 2 is 2.38 bits per heavy atom. The zero-order valence-corrected chi connectivity index (χ0v) is 9.62. The van der Waals surface area contributed by atoms with E-state index in [1.165, 1.54) is 0 Å². The molecule has 1 aliphatic rings. The van der Waals surface area contributed by atoms with Crippen molar-refractivity contribution in [2.24, 2.45) is 0 Å². The normalized spacial score (nSPS) is 30.2. The van der Waals surface area contributed by atoms with Gasteiger partial charge in [-0.15, -0.1) is 0 Å². The average molecular weight is 223 g/mol. The summed E-state index contributed by atoms with van der Waals surface area (Å²) >= 11 is 0. The van der Waals surface area contributed by atoms with E-state index in [9.17, 15) is 9.90 Å². The van der Waals surface area contributed by atoms with Crippen LogP contribution in [0.15, 0.2) is 16.5 Å². The van der Waals surface area contributed by atoms with E-state index in [1.54, 1.807) is 6.92 Å². The van der Waals surface area contributed by atoms with E-state index in [0.717, 1.165) is 17.9 Å². The monoisotopic (exact) mass is 223 g/mol. The summed E-state index contributed by atoms with van der Waals surface area (Å²) in [4.78, 5) is 11.2. The summed E-state index contributed by atoms with van der Waals surface area (Å²) in [5.41, 5.74) is -0.830. The van der Waals surface area contributed by atoms with Crippen LogP contribution in [0.2, 0.25) is 0 Å². The molecule has 2 heterocycles. The van der Waals surface area contributed by atoms with Crippen molar-refractivity contribution in [2.75, 3.05) is 6.54 Å². The van der Waals surface area contributed by atoms with Crippen LogP contribution in [0.5, 0.6) is 0 Å². The van der Waals surface area contributed by atoms with Crippen LogP contribution in [0.25, 0.3) is 0 Å². The summed E-state index contributed by atoms with van der Waals surface area (Å²) in [6.07, 6.45) is 1.51. The fourth-order valence-electron chi connectivity index (χ4n) is 2.27. The maximum atomic E-state index is 11.2. The SMILES string of the molecule is Cc1ccc(C2CCNC(C)(C(=O)O)C2)o1. The second-order valence-corrected chi connectivity index (χ2v) is 4.70. The number of hydrogen-bond acceptors (Lipinski definition) is 3. The highest BCUT2D eigenvalue weighted by Crippen LogP contribution is 2.33. The summed E-state index contributed by atoms with van der Waals surface area (Å²) in [5, 5.41) is 12.2. The first kappa shape index (κ1) is 11.2. The molecule has 2 unspecified atom stereocenters. The first-order valence-corrected chi connectivity index (χ1v) is 5.56. The number of carboxylic acids is 1. The summed E-state index contributed by atoms with van der Waals surface area (Å²) in [6, 6.07) is 3.88. The Bertz CT molecular complexity index is 399. The largest absolute Gasteiger partial charge is 0.480 e. The highest BCUT2D eigenvalue weighted by Gasteiger charge is 2.39. The Morgan fingerprint density at radius 1 is 1.62 bits per heavy atom. The molecule has 0 saturated carbocycles. The van der Waals surface area contributed by atoms with Gasteiger partial charge in [0.05, 0.1) is 0 Å². The standard InChI is InChI=1S/C12H17NO3/c1-8-3-4-10(16-8)9-5-6-13-12(2,7-9)11(14)15/h3-4,9,13H,5-7H2,1-2H3,(H,14,15). The fourth-order valence-corrected chi connectivity index (χ4v) is 2.27. The lowest BCUT2D eigenvalue weighted by molar-refractivity contribution is -0.145. The minimum Gasteiger partial charge on any atom is -0.480 e. The van der Waals surface area contributed by atoms with Crippen molar-refractivity contribution < 1.29 is 14.3 Å². The van der Waals surface area contributed by atoms with Gasteiger partial charge < -0.3 is 14.8 Å². The Hall–Kier alpha value is -1.29. The Kier molecular flexibility index (Phi) is 2.76. The van der Waals surface area contributed by atoms with Gasteiger partial charge in [0.1, 0.15) is 17.1 Å². The van der Waals surface area contributed by atoms with Gasteiger partial charge in [-0.2, -0.15) is 0 Å². The van der Waals surface area contributed by atoms with Gasteiger partial charge in [0.2, 0.25) is 0 Å². The molecule has 0 amide bonds. The third kappa shape index (κ3) is 1.97. The molecule has 1 aliphatic heterocycles. The topological polar surface area (TPSA) is 62.5 Å². The second-order valence-electron chi connectivity index (χ2n) is 4.70. The fraction of sp³-hybridized carbons (Fsp3) is 0.583. The van der Waals surface area contributed by atoms with E-state index >= 15 is 0 Å². The molecule has 4 nitrogen and oxygen atoms in total. The number of hydrogen-bond donors (Lipinski definition) is 2. The molecule has 16 heavy (non-hydrogen) atoms. The van der Waals surface area contributed by atoms with E-state index in [1.807, 2.05) is 19.1 Å². The van der Waals surface area contributed by atoms with Crippen LogP contribution in [0, 0.1) is 6.92 Å². The van der Waals surface area contributed by atoms with Gasteiger partial charge in [0, 0.05) is 5.92 Å². The summed E-state index contributed by atoms with van der Waals surface area (Å²) in [6.45, 7) is 4.35. The molecule has 1 aromatic heterocycles. The minimum absolute atomic E-state index is 0.205. The summed E-state index contributed by atoms with van der Waals surface area (Å²) < 4.78 is 5.58. The van der Waals surface area contributed by atoms with Crippen molar-refractivity contribution >= 4 is 5.97 Å². The molecule has 88 valence electrons. The van der Waals surface area contributed by atoms with Gasteiger partial charge in [-0.05, 0) is 45.4 Å². The molecule has 0 aromatic carbocycles. The molecule has 2 atom stereocenters. The van der Waals surface area contributed by atoms with Crippen LogP contribution < -0.4 is 5.32 Å². The van der Waals surface area contributed by atoms with Gasteiger partial charge in [0.15, 0.2) is 0 Å². The molecule has 1 saturated heterocycles. The van der Waals surface area contributed by atoms with Crippen molar-refractivity contribution in [1.82, 2.24) is 5.32 Å². The van der Waals surface area contributed by atoms with Gasteiger partial charge in [-0.1, -0.05) is 0 Å². The van der Waals surface area contributed by atoms with E-state index < -0.39 is 11.5 Å². The predicted molar refractivity (Wildman–Crippen MR) is 59.5 cm³/mol. The number of nitrogens with one attached hydrogen (secondary N) is 1. The Labute approximate surface area is 94.6 Å². The zero-order valence-electron chi connectivity index (χ0n) is 9.62. The zero-order chi connectivity index (χ0) is 11.8. The smallest absolute Gasteiger partial charge is 0.323 e. The molecule has 2 N–H and O–H groups in total. The molecule has 0 spiro atoms. The van der Waals surface area contributed by atoms with E-state index in [-0.39, 0.29) is 5.92 Å². The predicted octanol–water partition coefficient (Wildman–Crippen LogP) is 1.90. The molecule has 0 radical (unpaired) electrons. The van der Waals surface area contributed by atoms with Crippen LogP contribution in [-0.4, -0.2) is 23.2 Å². The highest BCUT2D eigenvalue weighted by molar-refractivity contribution is 5.78. The molecule has 4 heteroatoms. The van der Waals surface area contributed by atoms with Crippen LogP contribution >= 0.6 is 0 Å². The first-order chi connectivity index (χ1) is 7.51. The summed E-state index contributed by atoms with van der Waals surface area (Å²) in [7, 11) is 0. The van der Waals surface area contributed by atoms with Crippen molar-refractivity contribution in [1.29, 1.82) is 0 Å². The number of aliphatic carboxylic acids is 1. The third-order valence-electron chi connectivity index (χ3n) is 3.30. The molecular weight excluding hydrogens is 206 g/mol. The summed E-state index contributed by atoms with van der Waals surface area (Å²) in [5.74, 6) is 1.20. The van der Waals surface area contributed by atoms with Crippen molar-refractivity contribution in [2.45, 2.75) is 38.1 Å². The maximum Gasteiger partial charge on any atom is 0.323 e. The van der Waals surface area contributed by atoms with Crippen LogP contribution in [0.4, 0.5) is 0 Å². The van der Waals surface area contributed by atoms with E-state index in [0.29, 0.717) is 13.0 Å². The Balaban J connectivity index is 2.16. The van der Waals surface area contributed by atoms with E-state index in [4.69, 9.17) is 4.42 Å². The molecule has 1 aromatic rings. The van der Waals surface area contributed by atoms with Crippen molar-refractivity contribution in [3.8, 4) is 0 Å². The third-order valence-corrected chi connectivity index (χ3v) is 3.30.